The number of hydrogen-bond donors (Lipinski definition) is 5. The number of aliphatic hydroxyl groups is 1. The minimum absolute atomic E-state index is 0.0391. The molecule has 12 heteroatoms. The molecule has 0 radical (unpaired) electrons. The van der Waals surface area contributed by atoms with E-state index in [1.807, 2.05) is 83.8 Å². The van der Waals surface area contributed by atoms with Crippen molar-refractivity contribution in [2.45, 2.75) is 50.8 Å². The number of fused-ring (bicyclic) bond motifs is 1. The number of para-hydroxylation sites is 2. The largest absolute Gasteiger partial charge is 0.506 e. The van der Waals surface area contributed by atoms with Gasteiger partial charge in [-0.3, -0.25) is 14.5 Å². The second-order valence-electron chi connectivity index (χ2n) is 15.0. The number of rotatable bonds is 14. The Hall–Kier alpha value is -5.69. The molecule has 5 aromatic rings. The first-order chi connectivity index (χ1) is 27.7. The second-order valence-corrected chi connectivity index (χ2v) is 15.0. The summed E-state index contributed by atoms with van der Waals surface area (Å²) in [7, 11) is 0. The first kappa shape index (κ1) is 39.5. The minimum Gasteiger partial charge on any atom is -0.506 e. The lowest BCUT2D eigenvalue weighted by atomic mass is 9.92. The third-order valence-corrected chi connectivity index (χ3v) is 11.4. The van der Waals surface area contributed by atoms with Crippen LogP contribution in [-0.4, -0.2) is 94.0 Å². The van der Waals surface area contributed by atoms with E-state index in [1.165, 1.54) is 12.1 Å². The molecule has 1 atom stereocenters. The van der Waals surface area contributed by atoms with Gasteiger partial charge in [0.1, 0.15) is 11.5 Å². The van der Waals surface area contributed by atoms with Gasteiger partial charge in [0.15, 0.2) is 6.61 Å². The number of nitrogens with one attached hydrogen (secondary N) is 2. The molecule has 2 aliphatic heterocycles. The summed E-state index contributed by atoms with van der Waals surface area (Å²) in [5.74, 6) is 1.04. The van der Waals surface area contributed by atoms with Crippen LogP contribution in [0.4, 0.5) is 10.5 Å². The molecule has 2 aliphatic rings. The predicted molar refractivity (Wildman–Crippen MR) is 221 cm³/mol. The topological polar surface area (TPSA) is 159 Å². The van der Waals surface area contributed by atoms with Crippen molar-refractivity contribution in [2.75, 3.05) is 50.8 Å². The summed E-state index contributed by atoms with van der Waals surface area (Å²) in [5, 5.41) is 35.3. The maximum Gasteiger partial charge on any atom is 0.412 e. The Morgan fingerprint density at radius 2 is 1.58 bits per heavy atom. The highest BCUT2D eigenvalue weighted by Gasteiger charge is 2.31. The van der Waals surface area contributed by atoms with E-state index in [1.54, 1.807) is 17.0 Å². The zero-order chi connectivity index (χ0) is 39.7. The highest BCUT2D eigenvalue weighted by atomic mass is 16.5. The number of phenols is 1. The Morgan fingerprint density at radius 3 is 2.35 bits per heavy atom. The number of aromatic hydroxyl groups is 1. The molecule has 12 nitrogen and oxygen atoms in total. The quantitative estimate of drug-likeness (QED) is 0.0864. The van der Waals surface area contributed by atoms with Crippen LogP contribution in [-0.2, 0) is 11.3 Å². The highest BCUT2D eigenvalue weighted by Crippen LogP contribution is 2.34. The average molecular weight is 774 g/mol. The van der Waals surface area contributed by atoms with Gasteiger partial charge in [0.2, 0.25) is 5.56 Å². The van der Waals surface area contributed by atoms with E-state index < -0.39 is 12.2 Å². The number of benzene rings is 4. The first-order valence-corrected chi connectivity index (χ1v) is 19.9. The molecule has 298 valence electrons. The Morgan fingerprint density at radius 1 is 0.860 bits per heavy atom. The van der Waals surface area contributed by atoms with Crippen LogP contribution < -0.4 is 20.5 Å². The molecule has 2 saturated heterocycles. The number of carbonyl (C=O) groups excluding carboxylic acids is 1. The number of piperidine rings is 2. The SMILES string of the molecule is O=C(COc1ccccc1CNC[C@H](O)c1ccc(O)c2[nH]c(=O)ccc12)N1CCC(CCN2CCC(N(C(=O)O)c3ccccc3-c3ccccc3)CC2)CC1. The number of aromatic amines is 1. The van der Waals surface area contributed by atoms with Crippen molar-refractivity contribution in [2.24, 2.45) is 5.92 Å². The summed E-state index contributed by atoms with van der Waals surface area (Å²) in [5.41, 5.74) is 4.05. The molecule has 5 N–H and O–H groups in total. The number of aliphatic hydroxyl groups excluding tert-OH is 1. The minimum atomic E-state index is -0.917. The molecule has 0 unspecified atom stereocenters. The molecule has 0 spiro atoms. The van der Waals surface area contributed by atoms with Crippen molar-refractivity contribution in [3.63, 3.8) is 0 Å². The molecule has 0 aliphatic carbocycles. The molecule has 0 bridgehead atoms. The standard InChI is InChI=1S/C45H51N5O7/c51-39-16-14-36(37-15-17-42(53)47-44(37)39)40(52)29-46-28-33-10-4-7-13-41(33)57-30-43(54)49-26-19-31(20-27-49)18-23-48-24-21-34(22-25-48)50(45(55)56)38-12-6-5-11-35(38)32-8-2-1-3-9-32/h1-17,31,34,40,46,51-52H,18-30H2,(H,47,53)(H,55,56)/t40-/m0/s1. The van der Waals surface area contributed by atoms with Crippen LogP contribution in [0.3, 0.4) is 0 Å². The normalized spacial score (nSPS) is 16.1. The second kappa shape index (κ2) is 18.5. The number of H-pyrrole nitrogens is 1. The summed E-state index contributed by atoms with van der Waals surface area (Å²) in [6.45, 7) is 4.63. The zero-order valence-corrected chi connectivity index (χ0v) is 32.1. The molecule has 1 aromatic heterocycles. The fourth-order valence-corrected chi connectivity index (χ4v) is 8.26. The Kier molecular flexibility index (Phi) is 12.8. The van der Waals surface area contributed by atoms with Crippen molar-refractivity contribution in [3.05, 3.63) is 125 Å². The summed E-state index contributed by atoms with van der Waals surface area (Å²) in [6.07, 6.45) is 2.70. The van der Waals surface area contributed by atoms with E-state index in [4.69, 9.17) is 4.74 Å². The van der Waals surface area contributed by atoms with Gasteiger partial charge in [0, 0.05) is 67.9 Å². The fourth-order valence-electron chi connectivity index (χ4n) is 8.26. The number of aromatic nitrogens is 1. The zero-order valence-electron chi connectivity index (χ0n) is 32.1. The van der Waals surface area contributed by atoms with E-state index in [-0.39, 0.29) is 41.9 Å². The molecule has 3 heterocycles. The highest BCUT2D eigenvalue weighted by molar-refractivity contribution is 5.93. The van der Waals surface area contributed by atoms with Crippen LogP contribution in [0.15, 0.2) is 108 Å². The summed E-state index contributed by atoms with van der Waals surface area (Å²) in [6, 6.07) is 31.2. The number of amides is 2. The van der Waals surface area contributed by atoms with Crippen molar-refractivity contribution in [1.82, 2.24) is 20.1 Å². The third kappa shape index (κ3) is 9.65. The van der Waals surface area contributed by atoms with Crippen LogP contribution in [0, 0.1) is 5.92 Å². The first-order valence-electron chi connectivity index (χ1n) is 19.9. The lowest BCUT2D eigenvalue weighted by molar-refractivity contribution is -0.134. The van der Waals surface area contributed by atoms with Gasteiger partial charge in [-0.15, -0.1) is 0 Å². The van der Waals surface area contributed by atoms with E-state index in [2.05, 4.69) is 15.2 Å². The lowest BCUT2D eigenvalue weighted by Crippen LogP contribution is -2.48. The van der Waals surface area contributed by atoms with Gasteiger partial charge < -0.3 is 40.2 Å². The number of pyridine rings is 1. The lowest BCUT2D eigenvalue weighted by Gasteiger charge is -2.39. The Bertz CT molecular complexity index is 2200. The number of likely N-dealkylation sites (tertiary alicyclic amines) is 2. The molecule has 57 heavy (non-hydrogen) atoms. The summed E-state index contributed by atoms with van der Waals surface area (Å²) >= 11 is 0. The van der Waals surface area contributed by atoms with Crippen molar-refractivity contribution < 1.29 is 29.6 Å². The Labute approximate surface area is 332 Å². The monoisotopic (exact) mass is 773 g/mol. The van der Waals surface area contributed by atoms with Crippen LogP contribution in [0.25, 0.3) is 22.0 Å². The maximum absolute atomic E-state index is 13.2. The molecule has 4 aromatic carbocycles. The van der Waals surface area contributed by atoms with E-state index >= 15 is 0 Å². The number of hydrogen-bond acceptors (Lipinski definition) is 8. The molecule has 2 amide bonds. The number of carboxylic acid groups (broad SMARTS) is 1. The number of carbonyl (C=O) groups is 2. The van der Waals surface area contributed by atoms with Crippen molar-refractivity contribution in [1.29, 1.82) is 0 Å². The molecular formula is C45H51N5O7. The van der Waals surface area contributed by atoms with Gasteiger partial charge in [0.25, 0.3) is 5.91 Å². The van der Waals surface area contributed by atoms with Crippen LogP contribution in [0.1, 0.15) is 49.3 Å². The van der Waals surface area contributed by atoms with Crippen LogP contribution >= 0.6 is 0 Å². The fraction of sp³-hybridized carbons (Fsp3) is 0.356. The Balaban J connectivity index is 0.831. The summed E-state index contributed by atoms with van der Waals surface area (Å²) < 4.78 is 6.03. The van der Waals surface area contributed by atoms with E-state index in [0.717, 1.165) is 74.1 Å². The van der Waals surface area contributed by atoms with Gasteiger partial charge in [0.05, 0.1) is 17.3 Å². The van der Waals surface area contributed by atoms with Gasteiger partial charge in [-0.05, 0) is 80.0 Å². The molecule has 0 saturated carbocycles. The smallest absolute Gasteiger partial charge is 0.412 e. The van der Waals surface area contributed by atoms with Gasteiger partial charge in [-0.25, -0.2) is 4.79 Å². The van der Waals surface area contributed by atoms with Crippen molar-refractivity contribution >= 4 is 28.6 Å². The van der Waals surface area contributed by atoms with E-state index in [0.29, 0.717) is 42.3 Å². The van der Waals surface area contributed by atoms with Crippen LogP contribution in [0.5, 0.6) is 11.5 Å². The van der Waals surface area contributed by atoms with Gasteiger partial charge in [-0.1, -0.05) is 72.8 Å². The number of nitrogens with zero attached hydrogens (tertiary/aromatic N) is 3. The average Bonchev–Trinajstić information content (AvgIpc) is 3.24. The number of phenolic OH excluding ortho intramolecular Hbond substituents is 1. The van der Waals surface area contributed by atoms with Crippen LogP contribution in [0.2, 0.25) is 0 Å². The predicted octanol–water partition coefficient (Wildman–Crippen LogP) is 6.38. The number of ether oxygens (including phenoxy) is 1. The third-order valence-electron chi connectivity index (χ3n) is 11.4. The van der Waals surface area contributed by atoms with Gasteiger partial charge >= 0.3 is 6.09 Å². The number of anilines is 1. The van der Waals surface area contributed by atoms with Gasteiger partial charge in [-0.2, -0.15) is 0 Å². The van der Waals surface area contributed by atoms with E-state index in [9.17, 15) is 29.7 Å². The molecular weight excluding hydrogens is 723 g/mol. The van der Waals surface area contributed by atoms with Crippen molar-refractivity contribution in [3.8, 4) is 22.6 Å². The molecule has 7 rings (SSSR count). The molecule has 2 fully saturated rings. The summed E-state index contributed by atoms with van der Waals surface area (Å²) in [4.78, 5) is 46.1. The maximum atomic E-state index is 13.2.